The van der Waals surface area contributed by atoms with E-state index >= 15 is 0 Å². The van der Waals surface area contributed by atoms with Crippen LogP contribution in [0.25, 0.3) is 5.65 Å². The third-order valence-corrected chi connectivity index (χ3v) is 6.99. The molecule has 4 heterocycles. The van der Waals surface area contributed by atoms with Gasteiger partial charge in [-0.1, -0.05) is 6.07 Å². The third-order valence-electron chi connectivity index (χ3n) is 6.99. The van der Waals surface area contributed by atoms with E-state index in [-0.39, 0.29) is 12.1 Å². The van der Waals surface area contributed by atoms with Crippen LogP contribution in [0.4, 0.5) is 10.7 Å². The Labute approximate surface area is 218 Å². The molecule has 1 aliphatic carbocycles. The van der Waals surface area contributed by atoms with Gasteiger partial charge in [0.15, 0.2) is 0 Å². The number of nitrogens with zero attached hydrogens (tertiary/aromatic N) is 7. The molecule has 0 N–H and O–H groups in total. The minimum atomic E-state index is -0.509. The highest BCUT2D eigenvalue weighted by atomic mass is 16.6. The van der Waals surface area contributed by atoms with E-state index in [2.05, 4.69) is 29.1 Å². The van der Waals surface area contributed by atoms with Gasteiger partial charge in [0.1, 0.15) is 11.2 Å². The lowest BCUT2D eigenvalue weighted by atomic mass is 9.91. The fourth-order valence-electron chi connectivity index (χ4n) is 5.20. The molecule has 1 fully saturated rings. The Kier molecular flexibility index (Phi) is 6.94. The third kappa shape index (κ3) is 5.49. The molecule has 1 amide bonds. The van der Waals surface area contributed by atoms with Crippen molar-refractivity contribution in [2.75, 3.05) is 45.2 Å². The number of amides is 1. The normalized spacial score (nSPS) is 18.3. The highest BCUT2D eigenvalue weighted by Crippen LogP contribution is 2.33. The molecule has 10 heteroatoms. The number of hydrogen-bond donors (Lipinski definition) is 0. The summed E-state index contributed by atoms with van der Waals surface area (Å²) in [6, 6.07) is 6.36. The van der Waals surface area contributed by atoms with Crippen molar-refractivity contribution in [3.63, 3.8) is 0 Å². The molecule has 0 saturated carbocycles. The molecule has 2 aliphatic rings. The predicted octanol–water partition coefficient (Wildman–Crippen LogP) is 3.70. The van der Waals surface area contributed by atoms with Crippen LogP contribution in [0.15, 0.2) is 30.6 Å². The largest absolute Gasteiger partial charge is 0.481 e. The van der Waals surface area contributed by atoms with Crippen molar-refractivity contribution in [3.05, 3.63) is 47.5 Å². The number of carbonyl (C=O) groups excluding carboxylic acids is 1. The molecule has 1 atom stereocenters. The number of rotatable bonds is 5. The van der Waals surface area contributed by atoms with Crippen molar-refractivity contribution in [1.29, 1.82) is 0 Å². The first-order chi connectivity index (χ1) is 17.7. The number of ether oxygens (including phenoxy) is 2. The van der Waals surface area contributed by atoms with Crippen LogP contribution >= 0.6 is 0 Å². The summed E-state index contributed by atoms with van der Waals surface area (Å²) in [4.78, 5) is 33.2. The minimum Gasteiger partial charge on any atom is -0.481 e. The summed E-state index contributed by atoms with van der Waals surface area (Å²) in [6.45, 7) is 8.78. The van der Waals surface area contributed by atoms with E-state index in [0.29, 0.717) is 38.6 Å². The maximum Gasteiger partial charge on any atom is 0.410 e. The van der Waals surface area contributed by atoms with Crippen LogP contribution in [0.1, 0.15) is 56.6 Å². The zero-order chi connectivity index (χ0) is 26.2. The average molecular weight is 508 g/mol. The summed E-state index contributed by atoms with van der Waals surface area (Å²) in [6.07, 6.45) is 7.04. The molecule has 1 unspecified atom stereocenters. The molecule has 0 aromatic carbocycles. The monoisotopic (exact) mass is 507 g/mol. The highest BCUT2D eigenvalue weighted by Gasteiger charge is 2.29. The number of carbonyl (C=O) groups is 1. The highest BCUT2D eigenvalue weighted by molar-refractivity contribution is 5.68. The van der Waals surface area contributed by atoms with Gasteiger partial charge in [0.05, 0.1) is 24.5 Å². The molecular formula is C27H37N7O3. The molecule has 3 aromatic rings. The Hall–Kier alpha value is -3.40. The van der Waals surface area contributed by atoms with Crippen molar-refractivity contribution in [3.8, 4) is 5.88 Å². The predicted molar refractivity (Wildman–Crippen MR) is 141 cm³/mol. The molecule has 0 bridgehead atoms. The van der Waals surface area contributed by atoms with Crippen LogP contribution in [-0.2, 0) is 17.7 Å². The van der Waals surface area contributed by atoms with Gasteiger partial charge in [-0.3, -0.25) is 14.3 Å². The van der Waals surface area contributed by atoms with Crippen LogP contribution in [-0.4, -0.2) is 81.2 Å². The van der Waals surface area contributed by atoms with Gasteiger partial charge in [0.25, 0.3) is 0 Å². The van der Waals surface area contributed by atoms with E-state index in [0.717, 1.165) is 30.1 Å². The molecule has 198 valence electrons. The number of aryl methyl sites for hydroxylation is 1. The maximum atomic E-state index is 12.5. The summed E-state index contributed by atoms with van der Waals surface area (Å²) in [7, 11) is 3.77. The van der Waals surface area contributed by atoms with Crippen molar-refractivity contribution in [2.24, 2.45) is 0 Å². The van der Waals surface area contributed by atoms with Crippen molar-refractivity contribution in [1.82, 2.24) is 29.2 Å². The van der Waals surface area contributed by atoms with Crippen molar-refractivity contribution >= 4 is 17.7 Å². The van der Waals surface area contributed by atoms with Gasteiger partial charge < -0.3 is 19.3 Å². The zero-order valence-electron chi connectivity index (χ0n) is 22.5. The topological polar surface area (TPSA) is 88.3 Å². The molecular weight excluding hydrogens is 470 g/mol. The van der Waals surface area contributed by atoms with Crippen LogP contribution < -0.4 is 9.64 Å². The standard InChI is InChI=1S/C27H37N7O3/c1-27(2,3)37-26(35)33-14-12-32(13-15-33)25-30-23(36-5)16-22-29-20(18-34(22)25)17-31(4)21-10-6-8-19-9-7-11-28-24(19)21/h7,9,11,16,18,21H,6,8,10,12-15,17H2,1-5H3. The Morgan fingerprint density at radius 2 is 1.97 bits per heavy atom. The molecule has 0 radical (unpaired) electrons. The Morgan fingerprint density at radius 3 is 2.70 bits per heavy atom. The number of anilines is 1. The lowest BCUT2D eigenvalue weighted by Crippen LogP contribution is -2.50. The second-order valence-corrected chi connectivity index (χ2v) is 10.9. The number of hydrogen-bond acceptors (Lipinski definition) is 8. The van der Waals surface area contributed by atoms with Gasteiger partial charge in [-0.05, 0) is 58.7 Å². The van der Waals surface area contributed by atoms with Crippen LogP contribution in [0, 0.1) is 0 Å². The fourth-order valence-corrected chi connectivity index (χ4v) is 5.20. The molecule has 1 aliphatic heterocycles. The van der Waals surface area contributed by atoms with E-state index in [1.807, 2.05) is 43.5 Å². The summed E-state index contributed by atoms with van der Waals surface area (Å²) >= 11 is 0. The summed E-state index contributed by atoms with van der Waals surface area (Å²) in [5.74, 6) is 1.29. The Bertz CT molecular complexity index is 1260. The first-order valence-electron chi connectivity index (χ1n) is 13.0. The lowest BCUT2D eigenvalue weighted by Gasteiger charge is -2.36. The number of imidazole rings is 1. The number of pyridine rings is 1. The van der Waals surface area contributed by atoms with Gasteiger partial charge in [-0.15, -0.1) is 0 Å². The maximum absolute atomic E-state index is 12.5. The van der Waals surface area contributed by atoms with E-state index < -0.39 is 5.60 Å². The first-order valence-corrected chi connectivity index (χ1v) is 13.0. The van der Waals surface area contributed by atoms with E-state index in [1.165, 1.54) is 17.7 Å². The first kappa shape index (κ1) is 25.3. The van der Waals surface area contributed by atoms with Crippen molar-refractivity contribution < 1.29 is 14.3 Å². The molecule has 10 nitrogen and oxygen atoms in total. The summed E-state index contributed by atoms with van der Waals surface area (Å²) in [5.41, 5.74) is 3.79. The average Bonchev–Trinajstić information content (AvgIpc) is 3.29. The van der Waals surface area contributed by atoms with E-state index in [1.54, 1.807) is 12.0 Å². The zero-order valence-corrected chi connectivity index (χ0v) is 22.5. The minimum absolute atomic E-state index is 0.275. The number of fused-ring (bicyclic) bond motifs is 2. The Balaban J connectivity index is 1.34. The second kappa shape index (κ2) is 10.2. The van der Waals surface area contributed by atoms with Crippen LogP contribution in [0.3, 0.4) is 0 Å². The number of aromatic nitrogens is 4. The SMILES string of the molecule is COc1cc2nc(CN(C)C3CCCc4cccnc43)cn2c(N2CCN(C(=O)OC(C)(C)C)CC2)n1. The number of methoxy groups -OCH3 is 1. The van der Waals surface area contributed by atoms with Crippen molar-refractivity contribution in [2.45, 2.75) is 58.2 Å². The molecule has 0 spiro atoms. The molecule has 1 saturated heterocycles. The van der Waals surface area contributed by atoms with E-state index in [9.17, 15) is 4.79 Å². The quantitative estimate of drug-likeness (QED) is 0.517. The van der Waals surface area contributed by atoms with Crippen LogP contribution in [0.5, 0.6) is 5.88 Å². The number of piperazine rings is 1. The van der Waals surface area contributed by atoms with Gasteiger partial charge in [0.2, 0.25) is 11.8 Å². The molecule has 5 rings (SSSR count). The van der Waals surface area contributed by atoms with Gasteiger partial charge >= 0.3 is 6.09 Å². The fraction of sp³-hybridized carbons (Fsp3) is 0.556. The van der Waals surface area contributed by atoms with Gasteiger partial charge in [-0.2, -0.15) is 4.98 Å². The molecule has 3 aromatic heterocycles. The smallest absolute Gasteiger partial charge is 0.410 e. The summed E-state index contributed by atoms with van der Waals surface area (Å²) < 4.78 is 13.1. The molecule has 37 heavy (non-hydrogen) atoms. The van der Waals surface area contributed by atoms with Gasteiger partial charge in [0, 0.05) is 51.2 Å². The van der Waals surface area contributed by atoms with Crippen LogP contribution in [0.2, 0.25) is 0 Å². The van der Waals surface area contributed by atoms with E-state index in [4.69, 9.17) is 24.4 Å². The lowest BCUT2D eigenvalue weighted by molar-refractivity contribution is 0.0240. The second-order valence-electron chi connectivity index (χ2n) is 10.9. The van der Waals surface area contributed by atoms with Gasteiger partial charge in [-0.25, -0.2) is 9.78 Å². The summed E-state index contributed by atoms with van der Waals surface area (Å²) in [5, 5.41) is 0. The Morgan fingerprint density at radius 1 is 1.19 bits per heavy atom.